The molecule has 1 saturated carbocycles. The number of rotatable bonds is 5. The number of aromatic nitrogens is 2. The minimum Gasteiger partial charge on any atom is -0.478 e. The molecular formula is C24H27N5O3. The molecule has 2 fully saturated rings. The lowest BCUT2D eigenvalue weighted by Crippen LogP contribution is -2.34. The Morgan fingerprint density at radius 2 is 1.94 bits per heavy atom. The molecular weight excluding hydrogens is 406 g/mol. The lowest BCUT2D eigenvalue weighted by molar-refractivity contribution is 0.0698. The maximum absolute atomic E-state index is 13.3. The van der Waals surface area contributed by atoms with Crippen LogP contribution in [0.3, 0.4) is 0 Å². The first-order valence-corrected chi connectivity index (χ1v) is 10.9. The van der Waals surface area contributed by atoms with Gasteiger partial charge in [0.25, 0.3) is 5.56 Å². The lowest BCUT2D eigenvalue weighted by Gasteiger charge is -2.24. The summed E-state index contributed by atoms with van der Waals surface area (Å²) in [5.74, 6) is 0.626. The van der Waals surface area contributed by atoms with E-state index in [1.54, 1.807) is 35.9 Å². The van der Waals surface area contributed by atoms with E-state index in [4.69, 9.17) is 10.7 Å². The summed E-state index contributed by atoms with van der Waals surface area (Å²) in [6.07, 6.45) is 0. The minimum absolute atomic E-state index is 0.0852. The highest BCUT2D eigenvalue weighted by atomic mass is 16.4. The number of nitrogens with zero attached hydrogens (tertiary/aromatic N) is 3. The molecule has 32 heavy (non-hydrogen) atoms. The second-order valence-corrected chi connectivity index (χ2v) is 9.05. The third kappa shape index (κ3) is 3.22. The molecule has 2 heterocycles. The number of aryl methyl sites for hydroxylation is 1. The molecule has 1 saturated heterocycles. The molecule has 0 amide bonds. The van der Waals surface area contributed by atoms with Crippen molar-refractivity contribution in [2.75, 3.05) is 23.3 Å². The number of benzene rings is 2. The van der Waals surface area contributed by atoms with Gasteiger partial charge in [0.2, 0.25) is 5.95 Å². The van der Waals surface area contributed by atoms with Gasteiger partial charge in [0.15, 0.2) is 0 Å². The van der Waals surface area contributed by atoms with Gasteiger partial charge in [-0.1, -0.05) is 18.2 Å². The number of anilines is 2. The Hall–Kier alpha value is -3.39. The standard InChI is InChI=1S/C24H27N5O3/c1-12-8-15(13(2)26-19-7-5-4-6-14(19)23(31)32)21-16(9-12)22(30)28(3)24(27-21)29-10-17-18(11-29)20(17)25/h4-9,13,17-18,20,26H,10-11,25H2,1-3H3,(H,31,32)/t13?,17-,18+,20-. The van der Waals surface area contributed by atoms with Gasteiger partial charge in [-0.25, -0.2) is 9.78 Å². The van der Waals surface area contributed by atoms with Crippen molar-refractivity contribution in [3.63, 3.8) is 0 Å². The number of carbonyl (C=O) groups is 1. The number of para-hydroxylation sites is 1. The van der Waals surface area contributed by atoms with Crippen LogP contribution < -0.4 is 21.5 Å². The molecule has 8 nitrogen and oxygen atoms in total. The van der Waals surface area contributed by atoms with Crippen LogP contribution in [0, 0.1) is 18.8 Å². The van der Waals surface area contributed by atoms with Crippen molar-refractivity contribution in [2.24, 2.45) is 24.6 Å². The number of carboxylic acid groups (broad SMARTS) is 1. The van der Waals surface area contributed by atoms with Gasteiger partial charge < -0.3 is 21.1 Å². The molecule has 4 N–H and O–H groups in total. The molecule has 2 aliphatic rings. The van der Waals surface area contributed by atoms with E-state index in [2.05, 4.69) is 10.2 Å². The summed E-state index contributed by atoms with van der Waals surface area (Å²) in [7, 11) is 1.76. The molecule has 1 aliphatic heterocycles. The number of nitrogens with one attached hydrogen (secondary N) is 1. The SMILES string of the molecule is Cc1cc(C(C)Nc2ccccc2C(=O)O)c2nc(N3C[C@@H]4[C@H](N)[C@@H]4C3)n(C)c(=O)c2c1. The molecule has 3 aromatic rings. The van der Waals surface area contributed by atoms with Crippen LogP contribution in [0.4, 0.5) is 11.6 Å². The van der Waals surface area contributed by atoms with Crippen LogP contribution >= 0.6 is 0 Å². The topological polar surface area (TPSA) is 113 Å². The normalized spacial score (nSPS) is 22.6. The zero-order valence-corrected chi connectivity index (χ0v) is 18.4. The number of piperidine rings is 1. The molecule has 4 atom stereocenters. The van der Waals surface area contributed by atoms with Gasteiger partial charge in [0.1, 0.15) is 0 Å². The van der Waals surface area contributed by atoms with Crippen LogP contribution in [-0.4, -0.2) is 39.8 Å². The maximum Gasteiger partial charge on any atom is 0.337 e. The Bertz CT molecular complexity index is 1290. The Kier molecular flexibility index (Phi) is 4.70. The van der Waals surface area contributed by atoms with E-state index >= 15 is 0 Å². The van der Waals surface area contributed by atoms with E-state index in [9.17, 15) is 14.7 Å². The van der Waals surface area contributed by atoms with Crippen LogP contribution in [0.15, 0.2) is 41.2 Å². The molecule has 5 rings (SSSR count). The number of aromatic carboxylic acids is 1. The Morgan fingerprint density at radius 3 is 2.62 bits per heavy atom. The van der Waals surface area contributed by atoms with E-state index < -0.39 is 5.97 Å². The third-order valence-electron chi connectivity index (χ3n) is 6.87. The summed E-state index contributed by atoms with van der Waals surface area (Å²) in [6, 6.07) is 10.7. The lowest BCUT2D eigenvalue weighted by atomic mass is 10.0. The second kappa shape index (κ2) is 7.34. The van der Waals surface area contributed by atoms with Gasteiger partial charge in [-0.2, -0.15) is 0 Å². The predicted octanol–water partition coefficient (Wildman–Crippen LogP) is 2.51. The van der Waals surface area contributed by atoms with Gasteiger partial charge in [0.05, 0.1) is 22.5 Å². The van der Waals surface area contributed by atoms with Crippen molar-refractivity contribution in [1.82, 2.24) is 9.55 Å². The zero-order chi connectivity index (χ0) is 22.7. The van der Waals surface area contributed by atoms with Crippen molar-refractivity contribution in [2.45, 2.75) is 25.9 Å². The van der Waals surface area contributed by atoms with Gasteiger partial charge in [-0.05, 0) is 49.4 Å². The van der Waals surface area contributed by atoms with Crippen molar-refractivity contribution in [3.8, 4) is 0 Å². The fourth-order valence-corrected chi connectivity index (χ4v) is 5.00. The van der Waals surface area contributed by atoms with E-state index in [1.807, 2.05) is 26.0 Å². The average Bonchev–Trinajstić information content (AvgIpc) is 3.16. The summed E-state index contributed by atoms with van der Waals surface area (Å²) in [4.78, 5) is 32.0. The molecule has 0 radical (unpaired) electrons. The summed E-state index contributed by atoms with van der Waals surface area (Å²) < 4.78 is 1.62. The molecule has 0 spiro atoms. The molecule has 1 aromatic heterocycles. The predicted molar refractivity (Wildman–Crippen MR) is 124 cm³/mol. The first-order chi connectivity index (χ1) is 15.3. The smallest absolute Gasteiger partial charge is 0.337 e. The molecule has 166 valence electrons. The molecule has 1 unspecified atom stereocenters. The summed E-state index contributed by atoms with van der Waals surface area (Å²) in [5, 5.41) is 13.4. The van der Waals surface area contributed by atoms with Crippen molar-refractivity contribution >= 4 is 28.5 Å². The number of carboxylic acids is 1. The maximum atomic E-state index is 13.3. The summed E-state index contributed by atoms with van der Waals surface area (Å²) >= 11 is 0. The Labute approximate surface area is 185 Å². The van der Waals surface area contributed by atoms with Crippen molar-refractivity contribution in [3.05, 3.63) is 63.4 Å². The van der Waals surface area contributed by atoms with Crippen LogP contribution in [0.1, 0.15) is 34.5 Å². The monoisotopic (exact) mass is 433 g/mol. The largest absolute Gasteiger partial charge is 0.478 e. The number of hydrogen-bond acceptors (Lipinski definition) is 6. The van der Waals surface area contributed by atoms with Crippen LogP contribution in [-0.2, 0) is 7.05 Å². The van der Waals surface area contributed by atoms with E-state index in [0.29, 0.717) is 34.4 Å². The number of hydrogen-bond donors (Lipinski definition) is 3. The van der Waals surface area contributed by atoms with Gasteiger partial charge in [-0.15, -0.1) is 0 Å². The fraction of sp³-hybridized carbons (Fsp3) is 0.375. The van der Waals surface area contributed by atoms with Crippen LogP contribution in [0.25, 0.3) is 10.9 Å². The van der Waals surface area contributed by atoms with E-state index in [-0.39, 0.29) is 23.2 Å². The Balaban J connectivity index is 1.58. The number of nitrogens with two attached hydrogens (primary N) is 1. The third-order valence-corrected chi connectivity index (χ3v) is 6.87. The first kappa shape index (κ1) is 20.5. The van der Waals surface area contributed by atoms with E-state index in [0.717, 1.165) is 24.2 Å². The highest BCUT2D eigenvalue weighted by Gasteiger charge is 2.54. The quantitative estimate of drug-likeness (QED) is 0.566. The molecule has 1 aliphatic carbocycles. The van der Waals surface area contributed by atoms with Gasteiger partial charge in [0, 0.05) is 37.4 Å². The van der Waals surface area contributed by atoms with Crippen LogP contribution in [0.5, 0.6) is 0 Å². The summed E-state index contributed by atoms with van der Waals surface area (Å²) in [6.45, 7) is 5.54. The fourth-order valence-electron chi connectivity index (χ4n) is 5.00. The van der Waals surface area contributed by atoms with Gasteiger partial charge >= 0.3 is 5.97 Å². The Morgan fingerprint density at radius 1 is 1.25 bits per heavy atom. The number of fused-ring (bicyclic) bond motifs is 2. The second-order valence-electron chi connectivity index (χ2n) is 9.05. The highest BCUT2D eigenvalue weighted by molar-refractivity contribution is 5.94. The minimum atomic E-state index is -0.991. The molecule has 2 aromatic carbocycles. The molecule has 8 heteroatoms. The zero-order valence-electron chi connectivity index (χ0n) is 18.4. The van der Waals surface area contributed by atoms with Crippen LogP contribution in [0.2, 0.25) is 0 Å². The van der Waals surface area contributed by atoms with Gasteiger partial charge in [-0.3, -0.25) is 9.36 Å². The van der Waals surface area contributed by atoms with E-state index in [1.165, 1.54) is 0 Å². The van der Waals surface area contributed by atoms with Crippen molar-refractivity contribution < 1.29 is 9.90 Å². The first-order valence-electron chi connectivity index (χ1n) is 10.9. The summed E-state index contributed by atoms with van der Waals surface area (Å²) in [5.41, 5.74) is 9.19. The average molecular weight is 434 g/mol. The van der Waals surface area contributed by atoms with Crippen molar-refractivity contribution in [1.29, 1.82) is 0 Å². The highest BCUT2D eigenvalue weighted by Crippen LogP contribution is 2.45. The molecule has 0 bridgehead atoms.